The monoisotopic (exact) mass is 279 g/mol. The van der Waals surface area contributed by atoms with Crippen LogP contribution in [0.4, 0.5) is 5.69 Å². The van der Waals surface area contributed by atoms with E-state index in [0.717, 1.165) is 10.9 Å². The summed E-state index contributed by atoms with van der Waals surface area (Å²) in [6.07, 6.45) is 1.70. The lowest BCUT2D eigenvalue weighted by atomic mass is 10.2. The van der Waals surface area contributed by atoms with Gasteiger partial charge in [0.2, 0.25) is 5.88 Å². The fourth-order valence-corrected chi connectivity index (χ4v) is 2.29. The first kappa shape index (κ1) is 13.2. The number of aromatic nitrogens is 2. The van der Waals surface area contributed by atoms with E-state index >= 15 is 0 Å². The van der Waals surface area contributed by atoms with E-state index in [1.54, 1.807) is 6.08 Å². The Labute approximate surface area is 123 Å². The van der Waals surface area contributed by atoms with Gasteiger partial charge in [0.05, 0.1) is 17.4 Å². The van der Waals surface area contributed by atoms with Crippen LogP contribution in [0.3, 0.4) is 0 Å². The van der Waals surface area contributed by atoms with Crippen LogP contribution >= 0.6 is 0 Å². The van der Waals surface area contributed by atoms with E-state index in [2.05, 4.69) is 23.8 Å². The Bertz CT molecular complexity index is 762. The van der Waals surface area contributed by atoms with E-state index in [9.17, 15) is 0 Å². The van der Waals surface area contributed by atoms with Crippen molar-refractivity contribution in [3.8, 4) is 5.88 Å². The average molecular weight is 279 g/mol. The van der Waals surface area contributed by atoms with Crippen molar-refractivity contribution >= 4 is 16.6 Å². The minimum absolute atomic E-state index is 0.423. The largest absolute Gasteiger partial charge is 0.472 e. The first-order chi connectivity index (χ1) is 10.3. The van der Waals surface area contributed by atoms with Crippen LogP contribution < -0.4 is 10.5 Å². The van der Waals surface area contributed by atoms with Crippen LogP contribution in [0.25, 0.3) is 10.9 Å². The van der Waals surface area contributed by atoms with Gasteiger partial charge in [-0.3, -0.25) is 4.68 Å². The Morgan fingerprint density at radius 1 is 1.19 bits per heavy atom. The molecule has 0 aliphatic rings. The van der Waals surface area contributed by atoms with Gasteiger partial charge in [0.15, 0.2) is 0 Å². The molecule has 3 rings (SSSR count). The van der Waals surface area contributed by atoms with Gasteiger partial charge in [-0.1, -0.05) is 43.0 Å². The van der Waals surface area contributed by atoms with Gasteiger partial charge in [-0.15, -0.1) is 5.10 Å². The maximum Gasteiger partial charge on any atom is 0.241 e. The molecule has 0 aliphatic heterocycles. The highest BCUT2D eigenvalue weighted by Gasteiger charge is 2.12. The molecule has 0 fully saturated rings. The van der Waals surface area contributed by atoms with Crippen LogP contribution in [0.5, 0.6) is 5.88 Å². The van der Waals surface area contributed by atoms with Crippen LogP contribution in [-0.2, 0) is 6.54 Å². The molecule has 0 saturated heterocycles. The standard InChI is InChI=1S/C17H17N3O/c1-2-10-21-17-15-11-14(18)8-9-16(15)20(19-17)12-13-6-4-3-5-7-13/h2-9,11H,1,10,12,18H2. The van der Waals surface area contributed by atoms with Crippen LogP contribution in [0.2, 0.25) is 0 Å². The van der Waals surface area contributed by atoms with Gasteiger partial charge in [-0.05, 0) is 23.8 Å². The Morgan fingerprint density at radius 2 is 2.00 bits per heavy atom. The lowest BCUT2D eigenvalue weighted by Gasteiger charge is -2.03. The summed E-state index contributed by atoms with van der Waals surface area (Å²) in [5, 5.41) is 5.48. The van der Waals surface area contributed by atoms with E-state index in [1.807, 2.05) is 41.1 Å². The molecule has 0 unspecified atom stereocenters. The highest BCUT2D eigenvalue weighted by atomic mass is 16.5. The second-order valence-electron chi connectivity index (χ2n) is 4.82. The quantitative estimate of drug-likeness (QED) is 0.576. The van der Waals surface area contributed by atoms with E-state index in [-0.39, 0.29) is 0 Å². The van der Waals surface area contributed by atoms with Crippen molar-refractivity contribution in [3.05, 3.63) is 66.7 Å². The zero-order valence-electron chi connectivity index (χ0n) is 11.7. The summed E-state index contributed by atoms with van der Waals surface area (Å²) in [4.78, 5) is 0. The molecule has 0 radical (unpaired) electrons. The summed E-state index contributed by atoms with van der Waals surface area (Å²) in [5.41, 5.74) is 8.77. The molecule has 0 atom stereocenters. The van der Waals surface area contributed by atoms with Gasteiger partial charge in [-0.2, -0.15) is 0 Å². The van der Waals surface area contributed by atoms with Crippen molar-refractivity contribution < 1.29 is 4.74 Å². The maximum atomic E-state index is 5.87. The Balaban J connectivity index is 2.03. The smallest absolute Gasteiger partial charge is 0.241 e. The summed E-state index contributed by atoms with van der Waals surface area (Å²) in [6, 6.07) is 15.9. The van der Waals surface area contributed by atoms with E-state index in [4.69, 9.17) is 10.5 Å². The zero-order valence-corrected chi connectivity index (χ0v) is 11.7. The molecule has 1 heterocycles. The summed E-state index contributed by atoms with van der Waals surface area (Å²) in [5.74, 6) is 0.591. The predicted octanol–water partition coefficient (Wildman–Crippen LogP) is 3.23. The van der Waals surface area contributed by atoms with Crippen LogP contribution in [0.1, 0.15) is 5.56 Å². The number of nitrogens with zero attached hydrogens (tertiary/aromatic N) is 2. The molecule has 4 nitrogen and oxygen atoms in total. The fraction of sp³-hybridized carbons (Fsp3) is 0.118. The van der Waals surface area contributed by atoms with Gasteiger partial charge in [0, 0.05) is 5.69 Å². The molecule has 4 heteroatoms. The number of rotatable bonds is 5. The third-order valence-electron chi connectivity index (χ3n) is 3.25. The minimum atomic E-state index is 0.423. The molecule has 106 valence electrons. The van der Waals surface area contributed by atoms with Gasteiger partial charge >= 0.3 is 0 Å². The molecule has 0 amide bonds. The molecule has 1 aromatic heterocycles. The van der Waals surface area contributed by atoms with E-state index in [1.165, 1.54) is 5.56 Å². The molecule has 2 aromatic carbocycles. The number of ether oxygens (including phenoxy) is 1. The van der Waals surface area contributed by atoms with Gasteiger partial charge in [-0.25, -0.2) is 0 Å². The number of benzene rings is 2. The second-order valence-corrected chi connectivity index (χ2v) is 4.82. The summed E-state index contributed by atoms with van der Waals surface area (Å²) < 4.78 is 7.57. The van der Waals surface area contributed by atoms with Gasteiger partial charge in [0.25, 0.3) is 0 Å². The van der Waals surface area contributed by atoms with Crippen LogP contribution in [0, 0.1) is 0 Å². The first-order valence-corrected chi connectivity index (χ1v) is 6.81. The van der Waals surface area contributed by atoms with Gasteiger partial charge in [0.1, 0.15) is 6.61 Å². The van der Waals surface area contributed by atoms with E-state index < -0.39 is 0 Å². The summed E-state index contributed by atoms with van der Waals surface area (Å²) >= 11 is 0. The van der Waals surface area contributed by atoms with Crippen molar-refractivity contribution in [2.75, 3.05) is 12.3 Å². The fourth-order valence-electron chi connectivity index (χ4n) is 2.29. The van der Waals surface area contributed by atoms with Crippen LogP contribution in [0.15, 0.2) is 61.2 Å². The second kappa shape index (κ2) is 5.71. The number of fused-ring (bicyclic) bond motifs is 1. The SMILES string of the molecule is C=CCOc1nn(Cc2ccccc2)c2ccc(N)cc12. The Morgan fingerprint density at radius 3 is 2.76 bits per heavy atom. The molecule has 0 spiro atoms. The zero-order chi connectivity index (χ0) is 14.7. The molecule has 2 N–H and O–H groups in total. The van der Waals surface area contributed by atoms with Crippen molar-refractivity contribution in [1.29, 1.82) is 0 Å². The third-order valence-corrected chi connectivity index (χ3v) is 3.25. The van der Waals surface area contributed by atoms with Crippen molar-refractivity contribution in [1.82, 2.24) is 9.78 Å². The minimum Gasteiger partial charge on any atom is -0.472 e. The van der Waals surface area contributed by atoms with Crippen molar-refractivity contribution in [2.24, 2.45) is 0 Å². The van der Waals surface area contributed by atoms with Crippen molar-refractivity contribution in [2.45, 2.75) is 6.54 Å². The number of hydrogen-bond donors (Lipinski definition) is 1. The highest BCUT2D eigenvalue weighted by molar-refractivity contribution is 5.87. The molecular weight excluding hydrogens is 262 g/mol. The van der Waals surface area contributed by atoms with Crippen LogP contribution in [-0.4, -0.2) is 16.4 Å². The summed E-state index contributed by atoms with van der Waals surface area (Å²) in [7, 11) is 0. The molecule has 3 aromatic rings. The number of nitrogens with two attached hydrogens (primary N) is 1. The molecular formula is C17H17N3O. The molecule has 21 heavy (non-hydrogen) atoms. The number of anilines is 1. The molecule has 0 aliphatic carbocycles. The Hall–Kier alpha value is -2.75. The average Bonchev–Trinajstić information content (AvgIpc) is 2.83. The first-order valence-electron chi connectivity index (χ1n) is 6.81. The predicted molar refractivity (Wildman–Crippen MR) is 85.4 cm³/mol. The number of hydrogen-bond acceptors (Lipinski definition) is 3. The third kappa shape index (κ3) is 2.74. The van der Waals surface area contributed by atoms with E-state index in [0.29, 0.717) is 24.7 Å². The normalized spacial score (nSPS) is 10.7. The highest BCUT2D eigenvalue weighted by Crippen LogP contribution is 2.27. The topological polar surface area (TPSA) is 53.1 Å². The lowest BCUT2D eigenvalue weighted by Crippen LogP contribution is -2.02. The van der Waals surface area contributed by atoms with Crippen molar-refractivity contribution in [3.63, 3.8) is 0 Å². The van der Waals surface area contributed by atoms with Gasteiger partial charge < -0.3 is 10.5 Å². The molecule has 0 bridgehead atoms. The molecule has 0 saturated carbocycles. The summed E-state index contributed by atoms with van der Waals surface area (Å²) in [6.45, 7) is 4.78. The number of nitrogen functional groups attached to an aromatic ring is 1. The lowest BCUT2D eigenvalue weighted by molar-refractivity contribution is 0.347. The Kier molecular flexibility index (Phi) is 3.60. The maximum absolute atomic E-state index is 5.87.